The summed E-state index contributed by atoms with van der Waals surface area (Å²) in [5.41, 5.74) is 5.45. The van der Waals surface area contributed by atoms with E-state index < -0.39 is 0 Å². The van der Waals surface area contributed by atoms with Gasteiger partial charge in [-0.1, -0.05) is 60.2 Å². The van der Waals surface area contributed by atoms with Crippen molar-refractivity contribution in [2.75, 3.05) is 14.2 Å². The lowest BCUT2D eigenvalue weighted by Gasteiger charge is -2.26. The van der Waals surface area contributed by atoms with Crippen molar-refractivity contribution in [2.45, 2.75) is 25.9 Å². The van der Waals surface area contributed by atoms with Crippen molar-refractivity contribution in [3.63, 3.8) is 0 Å². The van der Waals surface area contributed by atoms with Crippen molar-refractivity contribution in [3.05, 3.63) is 95.1 Å². The first-order valence-corrected chi connectivity index (χ1v) is 11.0. The third-order valence-electron chi connectivity index (χ3n) is 5.59. The fourth-order valence-electron chi connectivity index (χ4n) is 3.81. The lowest BCUT2D eigenvalue weighted by Crippen LogP contribution is -2.36. The largest absolute Gasteiger partial charge is 0.497 e. The zero-order valence-corrected chi connectivity index (χ0v) is 19.4. The van der Waals surface area contributed by atoms with Crippen LogP contribution in [0.1, 0.15) is 34.7 Å². The van der Waals surface area contributed by atoms with Crippen molar-refractivity contribution in [2.24, 2.45) is 5.10 Å². The molecule has 3 aromatic carbocycles. The smallest absolute Gasteiger partial charge is 0.190 e. The van der Waals surface area contributed by atoms with E-state index in [1.54, 1.807) is 14.2 Å². The molecule has 164 valence electrons. The summed E-state index contributed by atoms with van der Waals surface area (Å²) >= 11 is 5.79. The third kappa shape index (κ3) is 4.75. The van der Waals surface area contributed by atoms with Gasteiger partial charge in [-0.15, -0.1) is 0 Å². The van der Waals surface area contributed by atoms with Crippen LogP contribution < -0.4 is 14.8 Å². The van der Waals surface area contributed by atoms with Gasteiger partial charge in [0.05, 0.1) is 26.0 Å². The molecule has 1 heterocycles. The van der Waals surface area contributed by atoms with Gasteiger partial charge in [-0.25, -0.2) is 5.01 Å². The van der Waals surface area contributed by atoms with E-state index in [2.05, 4.69) is 48.6 Å². The Hall–Kier alpha value is -3.38. The van der Waals surface area contributed by atoms with Crippen LogP contribution in [0, 0.1) is 6.92 Å². The highest BCUT2D eigenvalue weighted by Gasteiger charge is 2.33. The summed E-state index contributed by atoms with van der Waals surface area (Å²) in [5, 5.41) is 10.8. The number of ether oxygens (including phenoxy) is 2. The molecule has 0 spiro atoms. The Balaban J connectivity index is 1.66. The van der Waals surface area contributed by atoms with E-state index in [4.69, 9.17) is 26.8 Å². The summed E-state index contributed by atoms with van der Waals surface area (Å²) in [6, 6.07) is 24.3. The molecule has 1 aliphatic heterocycles. The maximum Gasteiger partial charge on any atom is 0.190 e. The number of rotatable bonds is 6. The van der Waals surface area contributed by atoms with Gasteiger partial charge in [0.1, 0.15) is 11.5 Å². The zero-order chi connectivity index (χ0) is 22.5. The molecule has 0 radical (unpaired) electrons. The molecule has 32 heavy (non-hydrogen) atoms. The van der Waals surface area contributed by atoms with Crippen LogP contribution in [0.4, 0.5) is 0 Å². The molecule has 1 aliphatic rings. The van der Waals surface area contributed by atoms with E-state index in [9.17, 15) is 0 Å². The minimum Gasteiger partial charge on any atom is -0.497 e. The van der Waals surface area contributed by atoms with Gasteiger partial charge in [-0.05, 0) is 48.5 Å². The first-order chi connectivity index (χ1) is 15.6. The van der Waals surface area contributed by atoms with E-state index >= 15 is 0 Å². The number of benzene rings is 3. The van der Waals surface area contributed by atoms with Crippen LogP contribution in [0.2, 0.25) is 0 Å². The number of thiocarbonyl (C=S) groups is 1. The lowest BCUT2D eigenvalue weighted by molar-refractivity contribution is 0.339. The van der Waals surface area contributed by atoms with Gasteiger partial charge in [0.25, 0.3) is 0 Å². The molecule has 0 aliphatic carbocycles. The van der Waals surface area contributed by atoms with E-state index in [1.165, 1.54) is 5.56 Å². The third-order valence-corrected chi connectivity index (χ3v) is 5.92. The fourth-order valence-corrected chi connectivity index (χ4v) is 4.05. The molecular weight excluding hydrogens is 418 g/mol. The van der Waals surface area contributed by atoms with E-state index in [0.29, 0.717) is 18.1 Å². The summed E-state index contributed by atoms with van der Waals surface area (Å²) in [7, 11) is 3.34. The quantitative estimate of drug-likeness (QED) is 0.526. The number of hydrazone groups is 1. The van der Waals surface area contributed by atoms with Crippen molar-refractivity contribution in [1.82, 2.24) is 10.3 Å². The van der Waals surface area contributed by atoms with E-state index in [1.807, 2.05) is 41.4 Å². The van der Waals surface area contributed by atoms with E-state index in [-0.39, 0.29) is 6.04 Å². The first kappa shape index (κ1) is 21.8. The molecular formula is C26H27N3O2S. The highest BCUT2D eigenvalue weighted by atomic mass is 32.1. The maximum absolute atomic E-state index is 5.79. The maximum atomic E-state index is 5.79. The molecule has 1 N–H and O–H groups in total. The molecule has 0 bridgehead atoms. The van der Waals surface area contributed by atoms with Crippen LogP contribution in [0.15, 0.2) is 77.9 Å². The summed E-state index contributed by atoms with van der Waals surface area (Å²) in [6.07, 6.45) is 0.708. The molecule has 0 saturated carbocycles. The van der Waals surface area contributed by atoms with Crippen LogP contribution in [-0.4, -0.2) is 30.1 Å². The Bertz CT molecular complexity index is 1110. The van der Waals surface area contributed by atoms with Crippen LogP contribution in [0.25, 0.3) is 0 Å². The second kappa shape index (κ2) is 9.83. The van der Waals surface area contributed by atoms with Gasteiger partial charge < -0.3 is 14.8 Å². The summed E-state index contributed by atoms with van der Waals surface area (Å²) in [5.74, 6) is 1.56. The second-order valence-electron chi connectivity index (χ2n) is 7.73. The monoisotopic (exact) mass is 445 g/mol. The Kier molecular flexibility index (Phi) is 6.71. The molecule has 4 rings (SSSR count). The standard InChI is InChI=1S/C26H27N3O2S/c1-18-9-11-20(12-10-18)23-16-24(22-15-21(30-2)13-14-25(22)31-3)29(28-23)26(32)27-17-19-7-5-4-6-8-19/h4-15,24H,16-17H2,1-3H3,(H,27,32)/t24-/m0/s1. The minimum atomic E-state index is -0.105. The normalized spacial score (nSPS) is 15.3. The van der Waals surface area contributed by atoms with Crippen molar-refractivity contribution < 1.29 is 9.47 Å². The molecule has 1 atom stereocenters. The fraction of sp³-hybridized carbons (Fsp3) is 0.231. The van der Waals surface area contributed by atoms with E-state index in [0.717, 1.165) is 33.9 Å². The molecule has 0 saturated heterocycles. The SMILES string of the molecule is COc1ccc(OC)c([C@@H]2CC(c3ccc(C)cc3)=NN2C(=S)NCc2ccccc2)c1. The number of aryl methyl sites for hydroxylation is 1. The predicted octanol–water partition coefficient (Wildman–Crippen LogP) is 5.24. The predicted molar refractivity (Wildman–Crippen MR) is 132 cm³/mol. The Morgan fingerprint density at radius 1 is 1.03 bits per heavy atom. The number of nitrogens with one attached hydrogen (secondary N) is 1. The molecule has 0 aromatic heterocycles. The molecule has 0 unspecified atom stereocenters. The Morgan fingerprint density at radius 3 is 2.47 bits per heavy atom. The highest BCUT2D eigenvalue weighted by molar-refractivity contribution is 7.80. The lowest BCUT2D eigenvalue weighted by atomic mass is 9.97. The molecule has 3 aromatic rings. The van der Waals surface area contributed by atoms with Crippen LogP contribution >= 0.6 is 12.2 Å². The van der Waals surface area contributed by atoms with Crippen LogP contribution in [0.5, 0.6) is 11.5 Å². The summed E-state index contributed by atoms with van der Waals surface area (Å²) < 4.78 is 11.2. The average molecular weight is 446 g/mol. The molecule has 0 fully saturated rings. The second-order valence-corrected chi connectivity index (χ2v) is 8.12. The average Bonchev–Trinajstić information content (AvgIpc) is 3.28. The van der Waals surface area contributed by atoms with Gasteiger partial charge in [-0.3, -0.25) is 0 Å². The van der Waals surface area contributed by atoms with Crippen molar-refractivity contribution in [1.29, 1.82) is 0 Å². The van der Waals surface area contributed by atoms with Gasteiger partial charge in [0.15, 0.2) is 5.11 Å². The topological polar surface area (TPSA) is 46.1 Å². The highest BCUT2D eigenvalue weighted by Crippen LogP contribution is 2.39. The zero-order valence-electron chi connectivity index (χ0n) is 18.5. The number of hydrogen-bond donors (Lipinski definition) is 1. The molecule has 6 heteroatoms. The Morgan fingerprint density at radius 2 is 1.78 bits per heavy atom. The van der Waals surface area contributed by atoms with Gasteiger partial charge in [0.2, 0.25) is 0 Å². The van der Waals surface area contributed by atoms with Crippen molar-refractivity contribution in [3.8, 4) is 11.5 Å². The first-order valence-electron chi connectivity index (χ1n) is 10.6. The number of methoxy groups -OCH3 is 2. The number of hydrogen-bond acceptors (Lipinski definition) is 4. The summed E-state index contributed by atoms with van der Waals surface area (Å²) in [4.78, 5) is 0. The Labute approximate surface area is 194 Å². The van der Waals surface area contributed by atoms with Crippen LogP contribution in [0.3, 0.4) is 0 Å². The molecule has 5 nitrogen and oxygen atoms in total. The van der Waals surface area contributed by atoms with Gasteiger partial charge >= 0.3 is 0 Å². The summed E-state index contributed by atoms with van der Waals surface area (Å²) in [6.45, 7) is 2.71. The van der Waals surface area contributed by atoms with Crippen molar-refractivity contribution >= 4 is 23.0 Å². The van der Waals surface area contributed by atoms with Crippen LogP contribution in [-0.2, 0) is 6.54 Å². The van der Waals surface area contributed by atoms with Gasteiger partial charge in [0, 0.05) is 18.5 Å². The minimum absolute atomic E-state index is 0.105. The number of nitrogens with zero attached hydrogens (tertiary/aromatic N) is 2. The van der Waals surface area contributed by atoms with Gasteiger partial charge in [-0.2, -0.15) is 5.10 Å². The molecule has 0 amide bonds.